The third kappa shape index (κ3) is 2.06. The topological polar surface area (TPSA) is 58.3 Å². The molecule has 1 aromatic rings. The van der Waals surface area contributed by atoms with Gasteiger partial charge in [0.05, 0.1) is 11.8 Å². The molecule has 4 nitrogen and oxygen atoms in total. The molecule has 0 aliphatic heterocycles. The molecule has 0 saturated carbocycles. The van der Waals surface area contributed by atoms with E-state index in [1.807, 2.05) is 13.1 Å². The van der Waals surface area contributed by atoms with Gasteiger partial charge in [-0.2, -0.15) is 5.10 Å². The molecule has 0 amide bonds. The molecular formula is C8H14N2O2. The molecule has 2 N–H and O–H groups in total. The van der Waals surface area contributed by atoms with Crippen LogP contribution < -0.4 is 0 Å². The summed E-state index contributed by atoms with van der Waals surface area (Å²) in [6, 6.07) is 1.77. The molecule has 0 aliphatic carbocycles. The maximum absolute atomic E-state index is 9.39. The Balaban J connectivity index is 2.61. The molecule has 0 aromatic carbocycles. The van der Waals surface area contributed by atoms with Gasteiger partial charge in [-0.3, -0.25) is 4.68 Å². The highest BCUT2D eigenvalue weighted by Crippen LogP contribution is 2.12. The Morgan fingerprint density at radius 3 is 2.92 bits per heavy atom. The number of aryl methyl sites for hydroxylation is 1. The van der Waals surface area contributed by atoms with Crippen molar-refractivity contribution < 1.29 is 10.2 Å². The number of nitrogens with zero attached hydrogens (tertiary/aromatic N) is 2. The molecule has 0 unspecified atom stereocenters. The van der Waals surface area contributed by atoms with Crippen molar-refractivity contribution in [2.75, 3.05) is 6.61 Å². The van der Waals surface area contributed by atoms with E-state index in [-0.39, 0.29) is 6.61 Å². The van der Waals surface area contributed by atoms with Crippen molar-refractivity contribution in [3.05, 3.63) is 18.0 Å². The summed E-state index contributed by atoms with van der Waals surface area (Å²) in [5.74, 6) is 0. The molecule has 12 heavy (non-hydrogen) atoms. The van der Waals surface area contributed by atoms with Gasteiger partial charge in [0.1, 0.15) is 0 Å². The average Bonchev–Trinajstić information content (AvgIpc) is 2.52. The molecule has 0 spiro atoms. The van der Waals surface area contributed by atoms with Gasteiger partial charge in [-0.15, -0.1) is 0 Å². The Morgan fingerprint density at radius 2 is 2.42 bits per heavy atom. The first-order valence-electron chi connectivity index (χ1n) is 4.10. The van der Waals surface area contributed by atoms with Crippen LogP contribution in [0, 0.1) is 0 Å². The molecule has 4 heteroatoms. The first-order chi connectivity index (χ1) is 5.77. The molecule has 0 bridgehead atoms. The van der Waals surface area contributed by atoms with Gasteiger partial charge in [-0.1, -0.05) is 0 Å². The molecule has 0 fully saturated rings. The Bertz CT molecular complexity index is 235. The lowest BCUT2D eigenvalue weighted by atomic mass is 10.2. The lowest BCUT2D eigenvalue weighted by molar-refractivity contribution is 0.130. The Morgan fingerprint density at radius 1 is 1.67 bits per heavy atom. The summed E-state index contributed by atoms with van der Waals surface area (Å²) in [5.41, 5.74) is 0.630. The average molecular weight is 170 g/mol. The van der Waals surface area contributed by atoms with Gasteiger partial charge < -0.3 is 10.2 Å². The minimum atomic E-state index is -0.636. The minimum absolute atomic E-state index is 0.0137. The zero-order chi connectivity index (χ0) is 8.97. The van der Waals surface area contributed by atoms with Crippen LogP contribution in [0.15, 0.2) is 12.3 Å². The molecule has 1 heterocycles. The number of rotatable bonds is 4. The van der Waals surface area contributed by atoms with Crippen LogP contribution in [0.5, 0.6) is 0 Å². The highest BCUT2D eigenvalue weighted by atomic mass is 16.3. The molecule has 1 rings (SSSR count). The zero-order valence-electron chi connectivity index (χ0n) is 7.14. The van der Waals surface area contributed by atoms with Crippen molar-refractivity contribution in [2.45, 2.75) is 26.0 Å². The second-order valence-corrected chi connectivity index (χ2v) is 2.62. The summed E-state index contributed by atoms with van der Waals surface area (Å²) in [6.45, 7) is 2.77. The molecule has 0 saturated heterocycles. The van der Waals surface area contributed by atoms with Gasteiger partial charge >= 0.3 is 0 Å². The SMILES string of the molecule is CCn1ccc([C@@H](O)CCO)n1. The Hall–Kier alpha value is -0.870. The number of hydrogen-bond donors (Lipinski definition) is 2. The Labute approximate surface area is 71.5 Å². The van der Waals surface area contributed by atoms with Crippen LogP contribution in [-0.4, -0.2) is 26.6 Å². The molecule has 1 atom stereocenters. The van der Waals surface area contributed by atoms with Gasteiger partial charge in [0.25, 0.3) is 0 Å². The fourth-order valence-electron chi connectivity index (χ4n) is 1.00. The van der Waals surface area contributed by atoms with E-state index in [9.17, 15) is 5.11 Å². The zero-order valence-corrected chi connectivity index (χ0v) is 7.14. The molecule has 68 valence electrons. The molecule has 1 aromatic heterocycles. The fraction of sp³-hybridized carbons (Fsp3) is 0.625. The summed E-state index contributed by atoms with van der Waals surface area (Å²) >= 11 is 0. The predicted octanol–water partition coefficient (Wildman–Crippen LogP) is 0.319. The van der Waals surface area contributed by atoms with Gasteiger partial charge in [-0.25, -0.2) is 0 Å². The third-order valence-electron chi connectivity index (χ3n) is 1.73. The summed E-state index contributed by atoms with van der Waals surface area (Å²) < 4.78 is 1.75. The second-order valence-electron chi connectivity index (χ2n) is 2.62. The third-order valence-corrected chi connectivity index (χ3v) is 1.73. The maximum Gasteiger partial charge on any atom is 0.1000 e. The highest BCUT2D eigenvalue weighted by molar-refractivity contribution is 5.02. The number of aliphatic hydroxyl groups excluding tert-OH is 2. The van der Waals surface area contributed by atoms with E-state index >= 15 is 0 Å². The van der Waals surface area contributed by atoms with E-state index in [0.29, 0.717) is 12.1 Å². The van der Waals surface area contributed by atoms with Crippen LogP contribution >= 0.6 is 0 Å². The van der Waals surface area contributed by atoms with Crippen molar-refractivity contribution in [2.24, 2.45) is 0 Å². The first kappa shape index (κ1) is 9.22. The summed E-state index contributed by atoms with van der Waals surface area (Å²) in [4.78, 5) is 0. The van der Waals surface area contributed by atoms with Crippen LogP contribution in [0.2, 0.25) is 0 Å². The van der Waals surface area contributed by atoms with Gasteiger partial charge in [0.2, 0.25) is 0 Å². The van der Waals surface area contributed by atoms with E-state index < -0.39 is 6.10 Å². The predicted molar refractivity (Wildman–Crippen MR) is 44.6 cm³/mol. The minimum Gasteiger partial charge on any atom is -0.396 e. The first-order valence-corrected chi connectivity index (χ1v) is 4.10. The monoisotopic (exact) mass is 170 g/mol. The van der Waals surface area contributed by atoms with Crippen LogP contribution in [0.1, 0.15) is 25.1 Å². The fourth-order valence-corrected chi connectivity index (χ4v) is 1.00. The smallest absolute Gasteiger partial charge is 0.1000 e. The van der Waals surface area contributed by atoms with Crippen LogP contribution in [0.3, 0.4) is 0 Å². The molecule has 0 radical (unpaired) electrons. The van der Waals surface area contributed by atoms with Crippen LogP contribution in [0.4, 0.5) is 0 Å². The molecular weight excluding hydrogens is 156 g/mol. The second kappa shape index (κ2) is 4.23. The maximum atomic E-state index is 9.39. The van der Waals surface area contributed by atoms with Gasteiger partial charge in [0, 0.05) is 25.8 Å². The molecule has 0 aliphatic rings. The largest absolute Gasteiger partial charge is 0.396 e. The van der Waals surface area contributed by atoms with Crippen molar-refractivity contribution in [1.29, 1.82) is 0 Å². The highest BCUT2D eigenvalue weighted by Gasteiger charge is 2.08. The quantitative estimate of drug-likeness (QED) is 0.684. The number of hydrogen-bond acceptors (Lipinski definition) is 3. The normalized spacial score (nSPS) is 13.2. The van der Waals surface area contributed by atoms with E-state index in [0.717, 1.165) is 6.54 Å². The standard InChI is InChI=1S/C8H14N2O2/c1-2-10-5-3-7(9-10)8(12)4-6-11/h3,5,8,11-12H,2,4,6H2,1H3/t8-/m0/s1. The lowest BCUT2D eigenvalue weighted by Gasteiger charge is -2.03. The van der Waals surface area contributed by atoms with Crippen molar-refractivity contribution in [1.82, 2.24) is 9.78 Å². The van der Waals surface area contributed by atoms with Crippen molar-refractivity contribution >= 4 is 0 Å². The van der Waals surface area contributed by atoms with E-state index in [2.05, 4.69) is 5.10 Å². The van der Waals surface area contributed by atoms with E-state index in [1.165, 1.54) is 0 Å². The summed E-state index contributed by atoms with van der Waals surface area (Å²) in [6.07, 6.45) is 1.53. The van der Waals surface area contributed by atoms with E-state index in [4.69, 9.17) is 5.11 Å². The Kier molecular flexibility index (Phi) is 3.25. The van der Waals surface area contributed by atoms with Crippen molar-refractivity contribution in [3.8, 4) is 0 Å². The van der Waals surface area contributed by atoms with Crippen molar-refractivity contribution in [3.63, 3.8) is 0 Å². The van der Waals surface area contributed by atoms with Gasteiger partial charge in [0.15, 0.2) is 0 Å². The number of aromatic nitrogens is 2. The van der Waals surface area contributed by atoms with Crippen LogP contribution in [-0.2, 0) is 6.54 Å². The van der Waals surface area contributed by atoms with Crippen LogP contribution in [0.25, 0.3) is 0 Å². The van der Waals surface area contributed by atoms with Gasteiger partial charge in [-0.05, 0) is 13.0 Å². The summed E-state index contributed by atoms with van der Waals surface area (Å²) in [7, 11) is 0. The van der Waals surface area contributed by atoms with E-state index in [1.54, 1.807) is 10.7 Å². The number of aliphatic hydroxyl groups is 2. The summed E-state index contributed by atoms with van der Waals surface area (Å²) in [5, 5.41) is 22.1. The lowest BCUT2D eigenvalue weighted by Crippen LogP contribution is -2.03.